The van der Waals surface area contributed by atoms with E-state index in [1.807, 2.05) is 65.0 Å². The van der Waals surface area contributed by atoms with Crippen molar-refractivity contribution in [1.29, 1.82) is 0 Å². The van der Waals surface area contributed by atoms with Crippen LogP contribution in [0.3, 0.4) is 0 Å². The molecule has 7 nitrogen and oxygen atoms in total. The normalized spacial score (nSPS) is 12.4. The first-order chi connectivity index (χ1) is 18.8. The maximum atomic E-state index is 14.0. The molecule has 0 radical (unpaired) electrons. The van der Waals surface area contributed by atoms with Gasteiger partial charge in [0.2, 0.25) is 11.8 Å². The van der Waals surface area contributed by atoms with Gasteiger partial charge in [-0.3, -0.25) is 13.9 Å². The van der Waals surface area contributed by atoms with Crippen molar-refractivity contribution in [2.24, 2.45) is 0 Å². The number of sulfonamides is 1. The minimum absolute atomic E-state index is 0.0853. The third-order valence-electron chi connectivity index (χ3n) is 6.37. The summed E-state index contributed by atoms with van der Waals surface area (Å²) in [4.78, 5) is 29.0. The molecule has 1 unspecified atom stereocenters. The van der Waals surface area contributed by atoms with Crippen LogP contribution < -0.4 is 9.62 Å². The van der Waals surface area contributed by atoms with Gasteiger partial charge in [-0.2, -0.15) is 0 Å². The summed E-state index contributed by atoms with van der Waals surface area (Å²) in [5.74, 6) is -0.724. The molecule has 0 bridgehead atoms. The molecule has 0 fully saturated rings. The van der Waals surface area contributed by atoms with Crippen LogP contribution in [0.25, 0.3) is 0 Å². The molecule has 214 valence electrons. The first-order valence-corrected chi connectivity index (χ1v) is 15.6. The number of hydrogen-bond acceptors (Lipinski definition) is 4. The number of nitrogens with one attached hydrogen (secondary N) is 1. The number of halogens is 1. The monoisotopic (exact) mass is 627 g/mol. The first kappa shape index (κ1) is 31.4. The molecule has 0 spiro atoms. The standard InChI is InChI=1S/C31H38BrN3O4S/c1-6-28(30(37)33-31(3,4)5)34(21-20-24-10-8-7-9-11-24)29(36)22-35(26-16-14-25(32)15-17-26)40(38,39)27-18-12-23(2)13-19-27/h7-19,28H,6,20-22H2,1-5H3,(H,33,37). The Balaban J connectivity index is 2.01. The highest BCUT2D eigenvalue weighted by atomic mass is 79.9. The number of benzene rings is 3. The van der Waals surface area contributed by atoms with E-state index in [4.69, 9.17) is 0 Å². The number of carbonyl (C=O) groups excluding carboxylic acids is 2. The van der Waals surface area contributed by atoms with E-state index in [9.17, 15) is 18.0 Å². The van der Waals surface area contributed by atoms with Crippen molar-refractivity contribution in [3.8, 4) is 0 Å². The molecule has 9 heteroatoms. The van der Waals surface area contributed by atoms with E-state index in [1.54, 1.807) is 48.5 Å². The summed E-state index contributed by atoms with van der Waals surface area (Å²) >= 11 is 3.40. The second-order valence-electron chi connectivity index (χ2n) is 10.8. The predicted octanol–water partition coefficient (Wildman–Crippen LogP) is 5.72. The molecule has 0 aliphatic carbocycles. The third-order valence-corrected chi connectivity index (χ3v) is 8.69. The Labute approximate surface area is 246 Å². The SMILES string of the molecule is CCC(C(=O)NC(C)(C)C)N(CCc1ccccc1)C(=O)CN(c1ccc(Br)cc1)S(=O)(=O)c1ccc(C)cc1. The molecule has 1 atom stereocenters. The topological polar surface area (TPSA) is 86.8 Å². The van der Waals surface area contributed by atoms with Gasteiger partial charge in [-0.15, -0.1) is 0 Å². The third kappa shape index (κ3) is 8.41. The van der Waals surface area contributed by atoms with Crippen LogP contribution in [0, 0.1) is 6.92 Å². The lowest BCUT2D eigenvalue weighted by Crippen LogP contribution is -2.56. The molecule has 3 rings (SSSR count). The van der Waals surface area contributed by atoms with Gasteiger partial charge in [-0.1, -0.05) is 70.9 Å². The van der Waals surface area contributed by atoms with Crippen LogP contribution in [0.5, 0.6) is 0 Å². The number of anilines is 1. The average Bonchev–Trinajstić information content (AvgIpc) is 2.90. The lowest BCUT2D eigenvalue weighted by Gasteiger charge is -2.34. The van der Waals surface area contributed by atoms with Gasteiger partial charge in [-0.05, 0) is 82.5 Å². The van der Waals surface area contributed by atoms with Crippen molar-refractivity contribution < 1.29 is 18.0 Å². The Bertz CT molecular complexity index is 1390. The van der Waals surface area contributed by atoms with E-state index >= 15 is 0 Å². The molecular weight excluding hydrogens is 590 g/mol. The number of aryl methyl sites for hydroxylation is 1. The van der Waals surface area contributed by atoms with Crippen LogP contribution in [-0.2, 0) is 26.0 Å². The molecule has 0 saturated heterocycles. The van der Waals surface area contributed by atoms with E-state index in [0.29, 0.717) is 18.5 Å². The van der Waals surface area contributed by atoms with Crippen LogP contribution >= 0.6 is 15.9 Å². The van der Waals surface area contributed by atoms with Gasteiger partial charge in [0.15, 0.2) is 0 Å². The van der Waals surface area contributed by atoms with E-state index < -0.39 is 34.1 Å². The zero-order valence-corrected chi connectivity index (χ0v) is 26.1. The van der Waals surface area contributed by atoms with Gasteiger partial charge in [0.05, 0.1) is 10.6 Å². The van der Waals surface area contributed by atoms with Gasteiger partial charge >= 0.3 is 0 Å². The van der Waals surface area contributed by atoms with Crippen molar-refractivity contribution in [3.05, 3.63) is 94.5 Å². The summed E-state index contributed by atoms with van der Waals surface area (Å²) in [6.07, 6.45) is 0.903. The minimum atomic E-state index is -4.09. The Kier molecular flexibility index (Phi) is 10.6. The van der Waals surface area contributed by atoms with Crippen LogP contribution in [0.4, 0.5) is 5.69 Å². The minimum Gasteiger partial charge on any atom is -0.350 e. The summed E-state index contributed by atoms with van der Waals surface area (Å²) in [6.45, 7) is 9.20. The molecule has 1 N–H and O–H groups in total. The molecule has 0 saturated carbocycles. The Morgan fingerprint density at radius 3 is 2.08 bits per heavy atom. The lowest BCUT2D eigenvalue weighted by atomic mass is 10.1. The zero-order valence-electron chi connectivity index (χ0n) is 23.7. The van der Waals surface area contributed by atoms with Gasteiger partial charge < -0.3 is 10.2 Å². The fraction of sp³-hybridized carbons (Fsp3) is 0.355. The maximum Gasteiger partial charge on any atom is 0.264 e. The molecule has 3 aromatic carbocycles. The summed E-state index contributed by atoms with van der Waals surface area (Å²) in [7, 11) is -4.09. The fourth-order valence-electron chi connectivity index (χ4n) is 4.32. The smallest absolute Gasteiger partial charge is 0.264 e. The van der Waals surface area contributed by atoms with Crippen LogP contribution in [0.15, 0.2) is 88.2 Å². The summed E-state index contributed by atoms with van der Waals surface area (Å²) < 4.78 is 29.7. The van der Waals surface area contributed by atoms with Crippen molar-refractivity contribution in [1.82, 2.24) is 10.2 Å². The molecule has 0 aliphatic rings. The largest absolute Gasteiger partial charge is 0.350 e. The van der Waals surface area contributed by atoms with Crippen molar-refractivity contribution >= 4 is 43.5 Å². The van der Waals surface area contributed by atoms with Crippen molar-refractivity contribution in [2.75, 3.05) is 17.4 Å². The molecule has 0 aliphatic heterocycles. The quantitative estimate of drug-likeness (QED) is 0.295. The van der Waals surface area contributed by atoms with E-state index in [2.05, 4.69) is 21.2 Å². The lowest BCUT2D eigenvalue weighted by molar-refractivity contribution is -0.140. The molecule has 0 heterocycles. The van der Waals surface area contributed by atoms with Crippen LogP contribution in [-0.4, -0.2) is 49.8 Å². The second-order valence-corrected chi connectivity index (χ2v) is 13.6. The Morgan fingerprint density at radius 1 is 0.925 bits per heavy atom. The van der Waals surface area contributed by atoms with Gasteiger partial charge in [0.25, 0.3) is 10.0 Å². The Morgan fingerprint density at radius 2 is 1.52 bits per heavy atom. The molecule has 3 aromatic rings. The molecule has 2 amide bonds. The fourth-order valence-corrected chi connectivity index (χ4v) is 6.00. The predicted molar refractivity (Wildman–Crippen MR) is 164 cm³/mol. The average molecular weight is 629 g/mol. The molecular formula is C31H38BrN3O4S. The van der Waals surface area contributed by atoms with Crippen molar-refractivity contribution in [3.63, 3.8) is 0 Å². The van der Waals surface area contributed by atoms with Gasteiger partial charge in [0.1, 0.15) is 12.6 Å². The molecule has 0 aromatic heterocycles. The zero-order chi connectivity index (χ0) is 29.5. The van der Waals surface area contributed by atoms with Crippen LogP contribution in [0.2, 0.25) is 0 Å². The summed E-state index contributed by atoms with van der Waals surface area (Å²) in [5, 5.41) is 2.99. The van der Waals surface area contributed by atoms with Crippen molar-refractivity contribution in [2.45, 2.75) is 63.9 Å². The number of carbonyl (C=O) groups is 2. The summed E-state index contributed by atoms with van der Waals surface area (Å²) in [5.41, 5.74) is 1.81. The van der Waals surface area contributed by atoms with E-state index in [-0.39, 0.29) is 17.3 Å². The molecule has 40 heavy (non-hydrogen) atoms. The Hall–Kier alpha value is -3.17. The highest BCUT2D eigenvalue weighted by molar-refractivity contribution is 9.10. The van der Waals surface area contributed by atoms with Gasteiger partial charge in [-0.25, -0.2) is 8.42 Å². The summed E-state index contributed by atoms with van der Waals surface area (Å²) in [6, 6.07) is 22.3. The van der Waals surface area contributed by atoms with Crippen LogP contribution in [0.1, 0.15) is 45.2 Å². The first-order valence-electron chi connectivity index (χ1n) is 13.3. The number of rotatable bonds is 11. The van der Waals surface area contributed by atoms with E-state index in [1.165, 1.54) is 4.90 Å². The van der Waals surface area contributed by atoms with E-state index in [0.717, 1.165) is 19.9 Å². The highest BCUT2D eigenvalue weighted by Crippen LogP contribution is 2.26. The second kappa shape index (κ2) is 13.5. The number of amides is 2. The number of nitrogens with zero attached hydrogens (tertiary/aromatic N) is 2. The van der Waals surface area contributed by atoms with Gasteiger partial charge in [0, 0.05) is 16.6 Å². The maximum absolute atomic E-state index is 14.0. The highest BCUT2D eigenvalue weighted by Gasteiger charge is 2.34. The number of hydrogen-bond donors (Lipinski definition) is 1.